The second-order valence-corrected chi connectivity index (χ2v) is 4.18. The zero-order valence-electron chi connectivity index (χ0n) is 10.7. The molecule has 0 amide bonds. The van der Waals surface area contributed by atoms with Crippen molar-refractivity contribution in [3.8, 4) is 0 Å². The molecule has 0 fully saturated rings. The Morgan fingerprint density at radius 1 is 1.19 bits per heavy atom. The Labute approximate surface area is 97.2 Å². The standard InChI is InChI=1S/C12H21N3O/c1-7(6-13)11-8(2)14-12(10(4)16-5)15-9(11)3/h7,10H,6,13H2,1-5H3. The molecule has 2 unspecified atom stereocenters. The monoisotopic (exact) mass is 223 g/mol. The maximum atomic E-state index is 5.69. The number of nitrogens with zero attached hydrogens (tertiary/aromatic N) is 2. The first-order chi connectivity index (χ1) is 7.51. The number of rotatable bonds is 4. The quantitative estimate of drug-likeness (QED) is 0.846. The molecule has 0 saturated heterocycles. The van der Waals surface area contributed by atoms with Gasteiger partial charge in [0.05, 0.1) is 0 Å². The van der Waals surface area contributed by atoms with Gasteiger partial charge in [0.25, 0.3) is 0 Å². The van der Waals surface area contributed by atoms with Gasteiger partial charge in [-0.2, -0.15) is 0 Å². The van der Waals surface area contributed by atoms with Crippen LogP contribution in [0.3, 0.4) is 0 Å². The minimum Gasteiger partial charge on any atom is -0.374 e. The van der Waals surface area contributed by atoms with Crippen LogP contribution in [0.25, 0.3) is 0 Å². The molecule has 1 rings (SSSR count). The van der Waals surface area contributed by atoms with Crippen LogP contribution in [0.2, 0.25) is 0 Å². The van der Waals surface area contributed by atoms with E-state index in [2.05, 4.69) is 16.9 Å². The molecule has 2 N–H and O–H groups in total. The molecule has 0 saturated carbocycles. The first kappa shape index (κ1) is 13.1. The zero-order chi connectivity index (χ0) is 12.3. The molecule has 4 heteroatoms. The Hall–Kier alpha value is -1.00. The summed E-state index contributed by atoms with van der Waals surface area (Å²) in [5, 5.41) is 0. The predicted octanol–water partition coefficient (Wildman–Crippen LogP) is 1.86. The van der Waals surface area contributed by atoms with Gasteiger partial charge in [-0.3, -0.25) is 0 Å². The largest absolute Gasteiger partial charge is 0.374 e. The summed E-state index contributed by atoms with van der Waals surface area (Å²) in [6.45, 7) is 8.66. The van der Waals surface area contributed by atoms with Crippen molar-refractivity contribution in [2.45, 2.75) is 39.7 Å². The molecule has 0 bridgehead atoms. The van der Waals surface area contributed by atoms with Crippen LogP contribution in [0.5, 0.6) is 0 Å². The number of hydrogen-bond acceptors (Lipinski definition) is 4. The van der Waals surface area contributed by atoms with E-state index in [1.54, 1.807) is 7.11 Å². The van der Waals surface area contributed by atoms with Crippen LogP contribution < -0.4 is 5.73 Å². The summed E-state index contributed by atoms with van der Waals surface area (Å²) in [7, 11) is 1.66. The van der Waals surface area contributed by atoms with Crippen LogP contribution >= 0.6 is 0 Å². The number of ether oxygens (including phenoxy) is 1. The summed E-state index contributed by atoms with van der Waals surface area (Å²) in [6.07, 6.45) is -0.0698. The van der Waals surface area contributed by atoms with Crippen LogP contribution in [0.15, 0.2) is 0 Å². The Bertz CT molecular complexity index is 342. The third kappa shape index (κ3) is 2.57. The molecule has 0 aliphatic carbocycles. The maximum absolute atomic E-state index is 5.69. The zero-order valence-corrected chi connectivity index (χ0v) is 10.7. The molecule has 0 aliphatic heterocycles. The van der Waals surface area contributed by atoms with Crippen molar-refractivity contribution in [3.63, 3.8) is 0 Å². The molecule has 0 aromatic carbocycles. The van der Waals surface area contributed by atoms with Gasteiger partial charge in [-0.05, 0) is 38.8 Å². The molecular weight excluding hydrogens is 202 g/mol. The van der Waals surface area contributed by atoms with Crippen molar-refractivity contribution >= 4 is 0 Å². The highest BCUT2D eigenvalue weighted by atomic mass is 16.5. The van der Waals surface area contributed by atoms with Gasteiger partial charge in [0.2, 0.25) is 0 Å². The Kier molecular flexibility index (Phi) is 4.38. The summed E-state index contributed by atoms with van der Waals surface area (Å²) in [5.41, 5.74) is 8.86. The lowest BCUT2D eigenvalue weighted by Crippen LogP contribution is -2.15. The van der Waals surface area contributed by atoms with Gasteiger partial charge in [-0.15, -0.1) is 0 Å². The third-order valence-electron chi connectivity index (χ3n) is 2.91. The molecule has 4 nitrogen and oxygen atoms in total. The number of aromatic nitrogens is 2. The van der Waals surface area contributed by atoms with Crippen molar-refractivity contribution in [1.29, 1.82) is 0 Å². The van der Waals surface area contributed by atoms with Gasteiger partial charge in [0, 0.05) is 18.5 Å². The molecule has 1 aromatic rings. The highest BCUT2D eigenvalue weighted by molar-refractivity contribution is 5.28. The second kappa shape index (κ2) is 5.37. The maximum Gasteiger partial charge on any atom is 0.157 e. The third-order valence-corrected chi connectivity index (χ3v) is 2.91. The van der Waals surface area contributed by atoms with Crippen molar-refractivity contribution in [2.24, 2.45) is 5.73 Å². The fourth-order valence-electron chi connectivity index (χ4n) is 1.87. The van der Waals surface area contributed by atoms with E-state index in [1.807, 2.05) is 20.8 Å². The molecule has 1 aromatic heterocycles. The Balaban J connectivity index is 3.17. The number of nitrogens with two attached hydrogens (primary N) is 1. The Morgan fingerprint density at radius 3 is 2.06 bits per heavy atom. The molecule has 16 heavy (non-hydrogen) atoms. The van der Waals surface area contributed by atoms with Crippen LogP contribution in [0.4, 0.5) is 0 Å². The first-order valence-corrected chi connectivity index (χ1v) is 5.59. The van der Waals surface area contributed by atoms with E-state index in [1.165, 1.54) is 0 Å². The van der Waals surface area contributed by atoms with E-state index in [9.17, 15) is 0 Å². The molecule has 0 spiro atoms. The highest BCUT2D eigenvalue weighted by Crippen LogP contribution is 2.22. The molecule has 0 aliphatic rings. The summed E-state index contributed by atoms with van der Waals surface area (Å²) < 4.78 is 5.22. The lowest BCUT2D eigenvalue weighted by Gasteiger charge is -2.17. The fourth-order valence-corrected chi connectivity index (χ4v) is 1.87. The molecule has 2 atom stereocenters. The second-order valence-electron chi connectivity index (χ2n) is 4.18. The van der Waals surface area contributed by atoms with Gasteiger partial charge >= 0.3 is 0 Å². The summed E-state index contributed by atoms with van der Waals surface area (Å²) in [6, 6.07) is 0. The summed E-state index contributed by atoms with van der Waals surface area (Å²) in [5.74, 6) is 1.04. The topological polar surface area (TPSA) is 61.0 Å². The molecule has 1 heterocycles. The number of methoxy groups -OCH3 is 1. The summed E-state index contributed by atoms with van der Waals surface area (Å²) >= 11 is 0. The van der Waals surface area contributed by atoms with Gasteiger partial charge in [-0.25, -0.2) is 9.97 Å². The SMILES string of the molecule is COC(C)c1nc(C)c(C(C)CN)c(C)n1. The Morgan fingerprint density at radius 2 is 1.69 bits per heavy atom. The van der Waals surface area contributed by atoms with Crippen LogP contribution in [-0.2, 0) is 4.74 Å². The summed E-state index contributed by atoms with van der Waals surface area (Å²) in [4.78, 5) is 8.96. The number of hydrogen-bond donors (Lipinski definition) is 1. The van der Waals surface area contributed by atoms with Crippen LogP contribution in [0, 0.1) is 13.8 Å². The van der Waals surface area contributed by atoms with Crippen molar-refractivity contribution < 1.29 is 4.74 Å². The molecule has 90 valence electrons. The average molecular weight is 223 g/mol. The fraction of sp³-hybridized carbons (Fsp3) is 0.667. The van der Waals surface area contributed by atoms with Crippen molar-refractivity contribution in [3.05, 3.63) is 22.8 Å². The van der Waals surface area contributed by atoms with E-state index in [-0.39, 0.29) is 6.10 Å². The van der Waals surface area contributed by atoms with E-state index in [0.717, 1.165) is 22.8 Å². The van der Waals surface area contributed by atoms with Gasteiger partial charge in [0.15, 0.2) is 5.82 Å². The van der Waals surface area contributed by atoms with E-state index < -0.39 is 0 Å². The first-order valence-electron chi connectivity index (χ1n) is 5.59. The highest BCUT2D eigenvalue weighted by Gasteiger charge is 2.16. The lowest BCUT2D eigenvalue weighted by atomic mass is 9.98. The molecule has 0 radical (unpaired) electrons. The van der Waals surface area contributed by atoms with Crippen molar-refractivity contribution in [1.82, 2.24) is 9.97 Å². The van der Waals surface area contributed by atoms with Crippen LogP contribution in [-0.4, -0.2) is 23.6 Å². The smallest absolute Gasteiger partial charge is 0.157 e. The minimum absolute atomic E-state index is 0.0698. The van der Waals surface area contributed by atoms with Gasteiger partial charge in [0.1, 0.15) is 6.10 Å². The minimum atomic E-state index is -0.0698. The number of aryl methyl sites for hydroxylation is 2. The van der Waals surface area contributed by atoms with E-state index in [4.69, 9.17) is 10.5 Å². The average Bonchev–Trinajstić information content (AvgIpc) is 2.26. The van der Waals surface area contributed by atoms with Gasteiger partial charge < -0.3 is 10.5 Å². The van der Waals surface area contributed by atoms with Crippen LogP contribution in [0.1, 0.15) is 48.6 Å². The van der Waals surface area contributed by atoms with Gasteiger partial charge in [-0.1, -0.05) is 6.92 Å². The van der Waals surface area contributed by atoms with E-state index in [0.29, 0.717) is 12.5 Å². The molecular formula is C12H21N3O. The van der Waals surface area contributed by atoms with Crippen molar-refractivity contribution in [2.75, 3.05) is 13.7 Å². The van der Waals surface area contributed by atoms with E-state index >= 15 is 0 Å². The lowest BCUT2D eigenvalue weighted by molar-refractivity contribution is 0.111. The predicted molar refractivity (Wildman–Crippen MR) is 64.4 cm³/mol. The normalized spacial score (nSPS) is 14.9.